The predicted octanol–water partition coefficient (Wildman–Crippen LogP) is 13.1. The Bertz CT molecular complexity index is 2590. The molecule has 1 heterocycles. The Labute approximate surface area is 291 Å². The van der Waals surface area contributed by atoms with Crippen LogP contribution in [0.25, 0.3) is 66.7 Å². The van der Waals surface area contributed by atoms with E-state index in [-0.39, 0.29) is 0 Å². The molecule has 236 valence electrons. The Morgan fingerprint density at radius 3 is 1.80 bits per heavy atom. The number of oxazole rings is 1. The fourth-order valence-electron chi connectivity index (χ4n) is 6.83. The van der Waals surface area contributed by atoms with Gasteiger partial charge >= 0.3 is 0 Å². The predicted molar refractivity (Wildman–Crippen MR) is 208 cm³/mol. The van der Waals surface area contributed by atoms with Gasteiger partial charge in [0, 0.05) is 28.1 Å². The highest BCUT2D eigenvalue weighted by atomic mass is 16.3. The van der Waals surface area contributed by atoms with Crippen molar-refractivity contribution in [2.24, 2.45) is 0 Å². The molecule has 0 saturated carbocycles. The summed E-state index contributed by atoms with van der Waals surface area (Å²) in [5.41, 5.74) is 12.6. The smallest absolute Gasteiger partial charge is 0.227 e. The summed E-state index contributed by atoms with van der Waals surface area (Å²) in [7, 11) is 0. The average Bonchev–Trinajstić information content (AvgIpc) is 3.64. The molecule has 3 heteroatoms. The van der Waals surface area contributed by atoms with E-state index in [1.165, 1.54) is 27.5 Å². The molecule has 0 aliphatic heterocycles. The molecule has 0 aliphatic carbocycles. The standard InChI is InChI=1S/C47H32N2O/c1-3-14-34(15-4-1)42-21-9-10-23-44(42)49(41-20-11-19-38(32-41)39-26-25-33-13-7-8-18-37(33)31-39)40-29-27-35(28-30-40)43-22-12-24-45-46(43)48-47(50-45)36-16-5-2-6-17-36/h1-32H. The van der Waals surface area contributed by atoms with E-state index in [9.17, 15) is 0 Å². The molecule has 0 unspecified atom stereocenters. The Morgan fingerprint density at radius 1 is 0.380 bits per heavy atom. The van der Waals surface area contributed by atoms with Crippen molar-refractivity contribution in [1.82, 2.24) is 4.98 Å². The Hall–Kier alpha value is -6.71. The van der Waals surface area contributed by atoms with Crippen molar-refractivity contribution in [2.45, 2.75) is 0 Å². The molecule has 3 nitrogen and oxygen atoms in total. The van der Waals surface area contributed by atoms with Gasteiger partial charge in [-0.2, -0.15) is 0 Å². The minimum atomic E-state index is 0.625. The summed E-state index contributed by atoms with van der Waals surface area (Å²) >= 11 is 0. The van der Waals surface area contributed by atoms with E-state index in [0.29, 0.717) is 5.89 Å². The Morgan fingerprint density at radius 2 is 0.980 bits per heavy atom. The number of fused-ring (bicyclic) bond motifs is 2. The minimum absolute atomic E-state index is 0.625. The molecule has 1 aromatic heterocycles. The number of nitrogens with zero attached hydrogens (tertiary/aromatic N) is 2. The minimum Gasteiger partial charge on any atom is -0.436 e. The van der Waals surface area contributed by atoms with Gasteiger partial charge in [0.25, 0.3) is 0 Å². The lowest BCUT2D eigenvalue weighted by Crippen LogP contribution is -2.11. The molecule has 0 atom stereocenters. The van der Waals surface area contributed by atoms with Gasteiger partial charge in [-0.1, -0.05) is 140 Å². The number of benzene rings is 8. The number of para-hydroxylation sites is 2. The van der Waals surface area contributed by atoms with Gasteiger partial charge in [0.2, 0.25) is 5.89 Å². The molecule has 0 saturated heterocycles. The van der Waals surface area contributed by atoms with Crippen molar-refractivity contribution in [3.05, 3.63) is 194 Å². The van der Waals surface area contributed by atoms with Crippen LogP contribution >= 0.6 is 0 Å². The first-order valence-corrected chi connectivity index (χ1v) is 16.9. The van der Waals surface area contributed by atoms with Crippen molar-refractivity contribution in [3.8, 4) is 44.8 Å². The monoisotopic (exact) mass is 640 g/mol. The maximum absolute atomic E-state index is 6.20. The van der Waals surface area contributed by atoms with Crippen LogP contribution in [0.4, 0.5) is 17.1 Å². The van der Waals surface area contributed by atoms with Gasteiger partial charge in [-0.25, -0.2) is 4.98 Å². The quantitative estimate of drug-likeness (QED) is 0.174. The van der Waals surface area contributed by atoms with E-state index in [2.05, 4.69) is 157 Å². The van der Waals surface area contributed by atoms with E-state index in [4.69, 9.17) is 9.40 Å². The lowest BCUT2D eigenvalue weighted by atomic mass is 9.99. The van der Waals surface area contributed by atoms with Gasteiger partial charge in [0.1, 0.15) is 5.52 Å². The van der Waals surface area contributed by atoms with Gasteiger partial charge in [-0.05, 0) is 87.6 Å². The molecule has 0 bridgehead atoms. The molecule has 9 rings (SSSR count). The summed E-state index contributed by atoms with van der Waals surface area (Å²) in [6.45, 7) is 0. The van der Waals surface area contributed by atoms with Crippen LogP contribution in [0.2, 0.25) is 0 Å². The Kier molecular flexibility index (Phi) is 7.49. The normalized spacial score (nSPS) is 11.2. The third-order valence-electron chi connectivity index (χ3n) is 9.29. The highest BCUT2D eigenvalue weighted by Crippen LogP contribution is 2.43. The number of hydrogen-bond acceptors (Lipinski definition) is 3. The number of rotatable bonds is 7. The summed E-state index contributed by atoms with van der Waals surface area (Å²) in [6, 6.07) is 68.3. The zero-order chi connectivity index (χ0) is 33.3. The van der Waals surface area contributed by atoms with E-state index < -0.39 is 0 Å². The largest absolute Gasteiger partial charge is 0.436 e. The molecule has 0 radical (unpaired) electrons. The molecule has 50 heavy (non-hydrogen) atoms. The van der Waals surface area contributed by atoms with Crippen LogP contribution in [0.1, 0.15) is 0 Å². The number of aromatic nitrogens is 1. The first kappa shape index (κ1) is 29.4. The van der Waals surface area contributed by atoms with Crippen molar-refractivity contribution < 1.29 is 4.42 Å². The van der Waals surface area contributed by atoms with Crippen molar-refractivity contribution in [1.29, 1.82) is 0 Å². The van der Waals surface area contributed by atoms with E-state index in [0.717, 1.165) is 50.4 Å². The number of hydrogen-bond donors (Lipinski definition) is 0. The second kappa shape index (κ2) is 12.7. The lowest BCUT2D eigenvalue weighted by molar-refractivity contribution is 0.620. The zero-order valence-electron chi connectivity index (χ0n) is 27.3. The third kappa shape index (κ3) is 5.51. The van der Waals surface area contributed by atoms with Crippen LogP contribution in [0, 0.1) is 0 Å². The van der Waals surface area contributed by atoms with E-state index >= 15 is 0 Å². The summed E-state index contributed by atoms with van der Waals surface area (Å²) in [4.78, 5) is 7.30. The fraction of sp³-hybridized carbons (Fsp3) is 0. The highest BCUT2D eigenvalue weighted by Gasteiger charge is 2.19. The molecule has 0 spiro atoms. The van der Waals surface area contributed by atoms with E-state index in [1.807, 2.05) is 42.5 Å². The molecule has 8 aromatic carbocycles. The van der Waals surface area contributed by atoms with Crippen LogP contribution < -0.4 is 4.90 Å². The molecule has 0 N–H and O–H groups in total. The van der Waals surface area contributed by atoms with Crippen LogP contribution in [0.3, 0.4) is 0 Å². The molecular formula is C47H32N2O. The van der Waals surface area contributed by atoms with Crippen molar-refractivity contribution in [2.75, 3.05) is 4.90 Å². The van der Waals surface area contributed by atoms with Crippen molar-refractivity contribution in [3.63, 3.8) is 0 Å². The van der Waals surface area contributed by atoms with Crippen LogP contribution in [0.5, 0.6) is 0 Å². The molecule has 9 aromatic rings. The second-order valence-electron chi connectivity index (χ2n) is 12.4. The lowest BCUT2D eigenvalue weighted by Gasteiger charge is -2.28. The van der Waals surface area contributed by atoms with E-state index in [1.54, 1.807) is 0 Å². The maximum atomic E-state index is 6.20. The SMILES string of the molecule is c1ccc(-c2nc3c(-c4ccc(N(c5cccc(-c6ccc7ccccc7c6)c5)c5ccccc5-c5ccccc5)cc4)cccc3o2)cc1. The summed E-state index contributed by atoms with van der Waals surface area (Å²) in [6.07, 6.45) is 0. The molecular weight excluding hydrogens is 609 g/mol. The Balaban J connectivity index is 1.16. The fourth-order valence-corrected chi connectivity index (χ4v) is 6.83. The van der Waals surface area contributed by atoms with Crippen LogP contribution in [-0.4, -0.2) is 4.98 Å². The van der Waals surface area contributed by atoms with Crippen LogP contribution in [0.15, 0.2) is 199 Å². The zero-order valence-corrected chi connectivity index (χ0v) is 27.3. The number of anilines is 3. The van der Waals surface area contributed by atoms with Gasteiger partial charge in [-0.15, -0.1) is 0 Å². The van der Waals surface area contributed by atoms with Gasteiger partial charge in [0.05, 0.1) is 5.69 Å². The van der Waals surface area contributed by atoms with Crippen molar-refractivity contribution >= 4 is 38.9 Å². The molecule has 0 fully saturated rings. The highest BCUT2D eigenvalue weighted by molar-refractivity contribution is 5.94. The average molecular weight is 641 g/mol. The first-order chi connectivity index (χ1) is 24.8. The summed E-state index contributed by atoms with van der Waals surface area (Å²) in [5, 5.41) is 2.47. The van der Waals surface area contributed by atoms with Gasteiger partial charge in [0.15, 0.2) is 5.58 Å². The molecule has 0 amide bonds. The molecule has 0 aliphatic rings. The second-order valence-corrected chi connectivity index (χ2v) is 12.4. The van der Waals surface area contributed by atoms with Gasteiger partial charge < -0.3 is 9.32 Å². The summed E-state index contributed by atoms with van der Waals surface area (Å²) < 4.78 is 6.20. The third-order valence-corrected chi connectivity index (χ3v) is 9.29. The topological polar surface area (TPSA) is 29.3 Å². The first-order valence-electron chi connectivity index (χ1n) is 16.9. The maximum Gasteiger partial charge on any atom is 0.227 e. The van der Waals surface area contributed by atoms with Gasteiger partial charge in [-0.3, -0.25) is 0 Å². The summed E-state index contributed by atoms with van der Waals surface area (Å²) in [5.74, 6) is 0.625. The van der Waals surface area contributed by atoms with Crippen LogP contribution in [-0.2, 0) is 0 Å².